The Balaban J connectivity index is 1.15. The van der Waals surface area contributed by atoms with Crippen LogP contribution in [0.25, 0.3) is 21.8 Å². The second-order valence-corrected chi connectivity index (χ2v) is 9.50. The van der Waals surface area contributed by atoms with E-state index >= 15 is 0 Å². The number of aryl methyl sites for hydroxylation is 1. The number of benzene rings is 2. The van der Waals surface area contributed by atoms with Gasteiger partial charge in [0.1, 0.15) is 18.5 Å². The highest BCUT2D eigenvalue weighted by molar-refractivity contribution is 5.88. The summed E-state index contributed by atoms with van der Waals surface area (Å²) in [5.41, 5.74) is 4.16. The van der Waals surface area contributed by atoms with Gasteiger partial charge in [-0.2, -0.15) is 0 Å². The first-order chi connectivity index (χ1) is 16.0. The smallest absolute Gasteiger partial charge is 0.171 e. The van der Waals surface area contributed by atoms with Gasteiger partial charge in [0, 0.05) is 40.8 Å². The fraction of sp³-hybridized carbons (Fsp3) is 0.370. The number of H-pyrrole nitrogens is 1. The molecular formula is C27H28FN3O2. The number of ether oxygens (including phenoxy) is 2. The quantitative estimate of drug-likeness (QED) is 0.446. The first-order valence-corrected chi connectivity index (χ1v) is 11.7. The second-order valence-electron chi connectivity index (χ2n) is 9.50. The molecule has 0 radical (unpaired) electrons. The van der Waals surface area contributed by atoms with Gasteiger partial charge in [-0.05, 0) is 87.2 Å². The lowest BCUT2D eigenvalue weighted by atomic mass is 9.96. The lowest BCUT2D eigenvalue weighted by Gasteiger charge is -2.32. The fourth-order valence-electron chi connectivity index (χ4n) is 5.53. The number of aromatic amines is 1. The zero-order valence-electron chi connectivity index (χ0n) is 19.0. The maximum absolute atomic E-state index is 13.8. The van der Waals surface area contributed by atoms with Gasteiger partial charge in [0.25, 0.3) is 0 Å². The summed E-state index contributed by atoms with van der Waals surface area (Å²) >= 11 is 0. The van der Waals surface area contributed by atoms with Gasteiger partial charge >= 0.3 is 0 Å². The standard InChI is InChI=1S/C27H28FN3O2/c1-16-3-7-21-25(30-16)9-10-26-27(21)33-20(15-32-26)14-31(2)19-6-4-17(11-19)23-13-29-24-8-5-18(28)12-22(23)24/h3,5,7-10,12-13,17,19-20,29H,4,6,11,14-15H2,1-2H3/t17-,19+,20+/m1/s1. The minimum absolute atomic E-state index is 0.0318. The van der Waals surface area contributed by atoms with Gasteiger partial charge in [-0.25, -0.2) is 4.39 Å². The van der Waals surface area contributed by atoms with Crippen molar-refractivity contribution in [3.8, 4) is 11.5 Å². The topological polar surface area (TPSA) is 50.4 Å². The lowest BCUT2D eigenvalue weighted by Crippen LogP contribution is -2.42. The van der Waals surface area contributed by atoms with E-state index in [4.69, 9.17) is 9.47 Å². The van der Waals surface area contributed by atoms with E-state index in [1.807, 2.05) is 31.2 Å². The summed E-state index contributed by atoms with van der Waals surface area (Å²) in [5.74, 6) is 1.85. The Bertz CT molecular complexity index is 1330. The molecule has 0 spiro atoms. The van der Waals surface area contributed by atoms with Crippen LogP contribution in [0.2, 0.25) is 0 Å². The van der Waals surface area contributed by atoms with Crippen LogP contribution < -0.4 is 9.47 Å². The molecule has 170 valence electrons. The van der Waals surface area contributed by atoms with Crippen LogP contribution in [-0.2, 0) is 0 Å². The molecule has 0 bridgehead atoms. The van der Waals surface area contributed by atoms with Gasteiger partial charge in [0.15, 0.2) is 11.5 Å². The van der Waals surface area contributed by atoms with Gasteiger partial charge in [0.05, 0.1) is 5.52 Å². The van der Waals surface area contributed by atoms with Crippen LogP contribution in [0, 0.1) is 12.7 Å². The van der Waals surface area contributed by atoms with Crippen LogP contribution >= 0.6 is 0 Å². The lowest BCUT2D eigenvalue weighted by molar-refractivity contribution is 0.0564. The van der Waals surface area contributed by atoms with E-state index in [1.54, 1.807) is 6.07 Å². The fourth-order valence-corrected chi connectivity index (χ4v) is 5.53. The number of hydrogen-bond donors (Lipinski definition) is 1. The van der Waals surface area contributed by atoms with Crippen LogP contribution in [0.15, 0.2) is 48.7 Å². The number of nitrogens with one attached hydrogen (secondary N) is 1. The molecule has 4 aromatic rings. The van der Waals surface area contributed by atoms with E-state index in [0.717, 1.165) is 64.8 Å². The Kier molecular flexibility index (Phi) is 4.98. The third kappa shape index (κ3) is 3.72. The molecule has 3 atom stereocenters. The average molecular weight is 446 g/mol. The molecule has 0 amide bonds. The van der Waals surface area contributed by atoms with Gasteiger partial charge in [-0.1, -0.05) is 0 Å². The summed E-state index contributed by atoms with van der Waals surface area (Å²) in [6.45, 7) is 3.34. The van der Waals surface area contributed by atoms with Crippen molar-refractivity contribution in [2.24, 2.45) is 0 Å². The van der Waals surface area contributed by atoms with Crippen LogP contribution in [0.1, 0.15) is 36.4 Å². The van der Waals surface area contributed by atoms with Crippen LogP contribution in [0.5, 0.6) is 11.5 Å². The van der Waals surface area contributed by atoms with E-state index in [0.29, 0.717) is 18.6 Å². The zero-order valence-corrected chi connectivity index (χ0v) is 19.0. The number of fused-ring (bicyclic) bond motifs is 4. The van der Waals surface area contributed by atoms with Crippen molar-refractivity contribution in [2.75, 3.05) is 20.2 Å². The Morgan fingerprint density at radius 2 is 2.03 bits per heavy atom. The van der Waals surface area contributed by atoms with Gasteiger partial charge in [0.2, 0.25) is 0 Å². The molecule has 1 saturated carbocycles. The number of halogens is 1. The van der Waals surface area contributed by atoms with E-state index in [2.05, 4.69) is 34.2 Å². The van der Waals surface area contributed by atoms with Gasteiger partial charge < -0.3 is 14.5 Å². The molecule has 33 heavy (non-hydrogen) atoms. The maximum Gasteiger partial charge on any atom is 0.171 e. The van der Waals surface area contributed by atoms with E-state index in [1.165, 1.54) is 11.6 Å². The normalized spacial score (nSPS) is 22.5. The highest BCUT2D eigenvalue weighted by Crippen LogP contribution is 2.41. The zero-order chi connectivity index (χ0) is 22.5. The maximum atomic E-state index is 13.8. The number of hydrogen-bond acceptors (Lipinski definition) is 4. The third-order valence-electron chi connectivity index (χ3n) is 7.27. The second kappa shape index (κ2) is 8.03. The van der Waals surface area contributed by atoms with Crippen LogP contribution in [0.4, 0.5) is 4.39 Å². The SMILES string of the molecule is Cc1ccc2c3c(ccc2n1)OC[C@H](CN(C)[C@H]1CC[C@@H](c2c[nH]c4ccc(F)cc24)C1)O3. The summed E-state index contributed by atoms with van der Waals surface area (Å²) in [4.78, 5) is 10.3. The molecule has 2 aromatic heterocycles. The summed E-state index contributed by atoms with van der Waals surface area (Å²) in [6.07, 6.45) is 5.33. The molecule has 1 aliphatic carbocycles. The van der Waals surface area contributed by atoms with Crippen molar-refractivity contribution < 1.29 is 13.9 Å². The van der Waals surface area contributed by atoms with Crippen molar-refractivity contribution in [2.45, 2.75) is 44.2 Å². The minimum Gasteiger partial charge on any atom is -0.486 e. The largest absolute Gasteiger partial charge is 0.486 e. The van der Waals surface area contributed by atoms with Crippen molar-refractivity contribution in [3.05, 3.63) is 65.7 Å². The first kappa shape index (κ1) is 20.5. The van der Waals surface area contributed by atoms with Gasteiger partial charge in [-0.15, -0.1) is 0 Å². The summed E-state index contributed by atoms with van der Waals surface area (Å²) < 4.78 is 26.3. The number of likely N-dealkylation sites (N-methyl/N-ethyl adjacent to an activating group) is 1. The van der Waals surface area contributed by atoms with Crippen LogP contribution in [0.3, 0.4) is 0 Å². The van der Waals surface area contributed by atoms with Crippen molar-refractivity contribution in [3.63, 3.8) is 0 Å². The predicted molar refractivity (Wildman–Crippen MR) is 128 cm³/mol. The number of pyridine rings is 1. The molecule has 6 heteroatoms. The molecule has 3 heterocycles. The Hall–Kier alpha value is -3.12. The van der Waals surface area contributed by atoms with Crippen molar-refractivity contribution in [1.82, 2.24) is 14.9 Å². The summed E-state index contributed by atoms with van der Waals surface area (Å²) in [6, 6.07) is 13.5. The molecule has 1 N–H and O–H groups in total. The Labute approximate surface area is 192 Å². The Morgan fingerprint density at radius 1 is 1.12 bits per heavy atom. The number of aromatic nitrogens is 2. The molecule has 0 unspecified atom stereocenters. The molecule has 0 saturated heterocycles. The number of nitrogens with zero attached hydrogens (tertiary/aromatic N) is 2. The molecule has 5 nitrogen and oxygen atoms in total. The van der Waals surface area contributed by atoms with Crippen molar-refractivity contribution in [1.29, 1.82) is 0 Å². The molecule has 2 aromatic carbocycles. The van der Waals surface area contributed by atoms with Crippen molar-refractivity contribution >= 4 is 21.8 Å². The summed E-state index contributed by atoms with van der Waals surface area (Å²) in [5, 5.41) is 2.01. The van der Waals surface area contributed by atoms with E-state index in [-0.39, 0.29) is 11.9 Å². The third-order valence-corrected chi connectivity index (χ3v) is 7.27. The molecule has 6 rings (SSSR count). The Morgan fingerprint density at radius 3 is 2.94 bits per heavy atom. The monoisotopic (exact) mass is 445 g/mol. The summed E-state index contributed by atoms with van der Waals surface area (Å²) in [7, 11) is 2.18. The van der Waals surface area contributed by atoms with E-state index < -0.39 is 0 Å². The molecule has 1 fully saturated rings. The van der Waals surface area contributed by atoms with E-state index in [9.17, 15) is 4.39 Å². The molecular weight excluding hydrogens is 417 g/mol. The first-order valence-electron chi connectivity index (χ1n) is 11.7. The molecule has 2 aliphatic rings. The molecule has 1 aliphatic heterocycles. The highest BCUT2D eigenvalue weighted by Gasteiger charge is 2.32. The highest BCUT2D eigenvalue weighted by atomic mass is 19.1. The number of rotatable bonds is 4. The average Bonchev–Trinajstić information content (AvgIpc) is 3.45. The predicted octanol–water partition coefficient (Wildman–Crippen LogP) is 5.57. The minimum atomic E-state index is -0.178. The van der Waals surface area contributed by atoms with Gasteiger partial charge in [-0.3, -0.25) is 9.88 Å². The van der Waals surface area contributed by atoms with Crippen LogP contribution in [-0.4, -0.2) is 47.2 Å².